The molecule has 0 bridgehead atoms. The number of rotatable bonds is 6. The van der Waals surface area contributed by atoms with Crippen LogP contribution in [0.1, 0.15) is 28.8 Å². The van der Waals surface area contributed by atoms with Gasteiger partial charge in [0.1, 0.15) is 11.6 Å². The number of nitrogens with one attached hydrogen (secondary N) is 1. The lowest BCUT2D eigenvalue weighted by Gasteiger charge is -2.24. The third kappa shape index (κ3) is 4.23. The fourth-order valence-electron chi connectivity index (χ4n) is 5.00. The number of nitrogens with zero attached hydrogens (tertiary/aromatic N) is 1. The van der Waals surface area contributed by atoms with Crippen LogP contribution < -0.4 is 10.1 Å². The van der Waals surface area contributed by atoms with Gasteiger partial charge in [-0.25, -0.2) is 4.39 Å². The van der Waals surface area contributed by atoms with Crippen LogP contribution in [0, 0.1) is 11.7 Å². The van der Waals surface area contributed by atoms with Crippen molar-refractivity contribution in [3.8, 4) is 5.75 Å². The maximum absolute atomic E-state index is 13.8. The molecule has 0 saturated carbocycles. The van der Waals surface area contributed by atoms with Gasteiger partial charge in [0.05, 0.1) is 7.11 Å². The van der Waals surface area contributed by atoms with Gasteiger partial charge in [-0.05, 0) is 54.7 Å². The lowest BCUT2D eigenvalue weighted by Crippen LogP contribution is -2.34. The maximum Gasteiger partial charge on any atom is 0.223 e. The van der Waals surface area contributed by atoms with Crippen molar-refractivity contribution in [1.82, 2.24) is 9.88 Å². The lowest BCUT2D eigenvalue weighted by molar-refractivity contribution is -0.125. The van der Waals surface area contributed by atoms with Gasteiger partial charge < -0.3 is 14.6 Å². The van der Waals surface area contributed by atoms with Gasteiger partial charge >= 0.3 is 0 Å². The zero-order valence-corrected chi connectivity index (χ0v) is 18.7. The minimum atomic E-state index is -0.218. The summed E-state index contributed by atoms with van der Waals surface area (Å²) in [7, 11) is 1.64. The molecule has 0 radical (unpaired) electrons. The molecule has 5 rings (SSSR count). The van der Waals surface area contributed by atoms with Gasteiger partial charge in [-0.1, -0.05) is 48.5 Å². The quantitative estimate of drug-likeness (QED) is 0.443. The third-order valence-electron chi connectivity index (χ3n) is 6.62. The second-order valence-corrected chi connectivity index (χ2v) is 8.63. The van der Waals surface area contributed by atoms with Gasteiger partial charge in [0.15, 0.2) is 0 Å². The zero-order valence-electron chi connectivity index (χ0n) is 18.7. The van der Waals surface area contributed by atoms with Gasteiger partial charge in [-0.2, -0.15) is 0 Å². The minimum absolute atomic E-state index is 0.0689. The molecule has 1 aliphatic rings. The number of carbonyl (C=O) groups excluding carboxylic acids is 1. The number of aromatic nitrogens is 1. The highest BCUT2D eigenvalue weighted by Gasteiger charge is 2.29. The molecule has 4 aromatic rings. The first-order valence-corrected chi connectivity index (χ1v) is 11.4. The number of ether oxygens (including phenoxy) is 1. The molecular formula is C28H27FN2O2. The van der Waals surface area contributed by atoms with Crippen molar-refractivity contribution in [2.24, 2.45) is 5.92 Å². The Labute approximate surface area is 193 Å². The molecule has 1 heterocycles. The zero-order chi connectivity index (χ0) is 22.8. The van der Waals surface area contributed by atoms with E-state index in [1.807, 2.05) is 42.5 Å². The molecule has 0 aliphatic heterocycles. The first-order valence-electron chi connectivity index (χ1n) is 11.4. The van der Waals surface area contributed by atoms with E-state index in [9.17, 15) is 9.18 Å². The number of hydrogen-bond acceptors (Lipinski definition) is 2. The molecule has 0 saturated heterocycles. The highest BCUT2D eigenvalue weighted by molar-refractivity contribution is 5.88. The molecule has 0 spiro atoms. The number of benzene rings is 3. The summed E-state index contributed by atoms with van der Waals surface area (Å²) < 4.78 is 21.5. The number of halogens is 1. The highest BCUT2D eigenvalue weighted by Crippen LogP contribution is 2.35. The highest BCUT2D eigenvalue weighted by atomic mass is 19.1. The summed E-state index contributed by atoms with van der Waals surface area (Å²) in [6.45, 7) is 1.08. The second kappa shape index (κ2) is 9.10. The van der Waals surface area contributed by atoms with Gasteiger partial charge in [-0.15, -0.1) is 0 Å². The molecule has 33 heavy (non-hydrogen) atoms. The van der Waals surface area contributed by atoms with Crippen molar-refractivity contribution in [3.05, 3.63) is 101 Å². The molecule has 1 aliphatic carbocycles. The number of amides is 1. The monoisotopic (exact) mass is 442 g/mol. The summed E-state index contributed by atoms with van der Waals surface area (Å²) in [6, 6.07) is 22.9. The Morgan fingerprint density at radius 1 is 1.09 bits per heavy atom. The van der Waals surface area contributed by atoms with Crippen LogP contribution in [0.5, 0.6) is 5.75 Å². The predicted molar refractivity (Wildman–Crippen MR) is 128 cm³/mol. The Bertz CT molecular complexity index is 1310. The van der Waals surface area contributed by atoms with E-state index in [1.54, 1.807) is 19.2 Å². The number of methoxy groups -OCH3 is 1. The molecule has 1 atom stereocenters. The molecule has 168 valence electrons. The molecule has 1 aromatic heterocycles. The van der Waals surface area contributed by atoms with Gasteiger partial charge in [-0.3, -0.25) is 4.79 Å². The number of hydrogen-bond donors (Lipinski definition) is 1. The molecule has 5 heteroatoms. The van der Waals surface area contributed by atoms with Crippen molar-refractivity contribution in [1.29, 1.82) is 0 Å². The van der Waals surface area contributed by atoms with Crippen molar-refractivity contribution in [2.45, 2.75) is 32.4 Å². The van der Waals surface area contributed by atoms with E-state index < -0.39 is 0 Å². The van der Waals surface area contributed by atoms with E-state index in [0.717, 1.165) is 35.2 Å². The molecule has 1 N–H and O–H groups in total. The fraction of sp³-hybridized carbons (Fsp3) is 0.250. The second-order valence-electron chi connectivity index (χ2n) is 8.63. The lowest BCUT2D eigenvalue weighted by atomic mass is 9.85. The number of para-hydroxylation sites is 2. The molecule has 0 fully saturated rings. The Kier molecular flexibility index (Phi) is 5.86. The summed E-state index contributed by atoms with van der Waals surface area (Å²) in [5.41, 5.74) is 5.55. The third-order valence-corrected chi connectivity index (χ3v) is 6.62. The SMILES string of the molecule is COc1ccccc1CNC(=O)[C@H]1CCc2c(c3ccccc3n2Cc2cccc(F)c2)C1. The molecular weight excluding hydrogens is 415 g/mol. The van der Waals surface area contributed by atoms with Crippen LogP contribution in [0.4, 0.5) is 4.39 Å². The van der Waals surface area contributed by atoms with Crippen LogP contribution in [0.15, 0.2) is 72.8 Å². The minimum Gasteiger partial charge on any atom is -0.496 e. The van der Waals surface area contributed by atoms with Gasteiger partial charge in [0.25, 0.3) is 0 Å². The van der Waals surface area contributed by atoms with Crippen molar-refractivity contribution >= 4 is 16.8 Å². The van der Waals surface area contributed by atoms with Gasteiger partial charge in [0.2, 0.25) is 5.91 Å². The largest absolute Gasteiger partial charge is 0.496 e. The van der Waals surface area contributed by atoms with Crippen LogP contribution in [0.3, 0.4) is 0 Å². The maximum atomic E-state index is 13.8. The summed E-state index contributed by atoms with van der Waals surface area (Å²) >= 11 is 0. The van der Waals surface area contributed by atoms with E-state index >= 15 is 0 Å². The normalized spacial score (nSPS) is 15.3. The Balaban J connectivity index is 1.38. The van der Waals surface area contributed by atoms with E-state index in [1.165, 1.54) is 22.7 Å². The summed E-state index contributed by atoms with van der Waals surface area (Å²) in [5, 5.41) is 4.29. The summed E-state index contributed by atoms with van der Waals surface area (Å²) in [5.74, 6) is 0.572. The Hall–Kier alpha value is -3.60. The fourth-order valence-corrected chi connectivity index (χ4v) is 5.00. The van der Waals surface area contributed by atoms with Crippen LogP contribution in [-0.4, -0.2) is 17.6 Å². The van der Waals surface area contributed by atoms with Crippen LogP contribution in [0.25, 0.3) is 10.9 Å². The molecule has 3 aromatic carbocycles. The average Bonchev–Trinajstić information content (AvgIpc) is 3.15. The van der Waals surface area contributed by atoms with E-state index in [0.29, 0.717) is 19.5 Å². The summed E-state index contributed by atoms with van der Waals surface area (Å²) in [6.07, 6.45) is 2.33. The van der Waals surface area contributed by atoms with E-state index in [4.69, 9.17) is 4.74 Å². The summed E-state index contributed by atoms with van der Waals surface area (Å²) in [4.78, 5) is 13.1. The molecule has 0 unspecified atom stereocenters. The molecule has 4 nitrogen and oxygen atoms in total. The molecule has 1 amide bonds. The first-order chi connectivity index (χ1) is 16.1. The number of fused-ring (bicyclic) bond motifs is 3. The Morgan fingerprint density at radius 2 is 1.91 bits per heavy atom. The van der Waals surface area contributed by atoms with Crippen molar-refractivity contribution < 1.29 is 13.9 Å². The van der Waals surface area contributed by atoms with Crippen molar-refractivity contribution in [3.63, 3.8) is 0 Å². The van der Waals surface area contributed by atoms with Gasteiger partial charge in [0, 0.05) is 41.2 Å². The van der Waals surface area contributed by atoms with Crippen LogP contribution >= 0.6 is 0 Å². The average molecular weight is 443 g/mol. The number of carbonyl (C=O) groups is 1. The van der Waals surface area contributed by atoms with Crippen LogP contribution in [0.2, 0.25) is 0 Å². The standard InChI is InChI=1S/C28H27FN2O2/c1-33-27-12-5-2-8-21(27)17-30-28(32)20-13-14-26-24(16-20)23-10-3-4-11-25(23)31(26)18-19-7-6-9-22(29)15-19/h2-12,15,20H,13-14,16-18H2,1H3,(H,30,32)/t20-/m0/s1. The topological polar surface area (TPSA) is 43.3 Å². The van der Waals surface area contributed by atoms with Crippen molar-refractivity contribution in [2.75, 3.05) is 7.11 Å². The van der Waals surface area contributed by atoms with E-state index in [2.05, 4.69) is 22.0 Å². The smallest absolute Gasteiger partial charge is 0.223 e. The first kappa shape index (κ1) is 21.3. The Morgan fingerprint density at radius 3 is 2.76 bits per heavy atom. The van der Waals surface area contributed by atoms with Crippen LogP contribution in [-0.2, 0) is 30.7 Å². The predicted octanol–water partition coefficient (Wildman–Crippen LogP) is 5.26. The van der Waals surface area contributed by atoms with E-state index in [-0.39, 0.29) is 17.6 Å².